The van der Waals surface area contributed by atoms with Gasteiger partial charge in [0.25, 0.3) is 0 Å². The van der Waals surface area contributed by atoms with E-state index in [1.807, 2.05) is 25.1 Å². The molecule has 0 amide bonds. The van der Waals surface area contributed by atoms with Crippen molar-refractivity contribution in [3.8, 4) is 5.75 Å². The lowest BCUT2D eigenvalue weighted by Crippen LogP contribution is -2.59. The maximum atomic E-state index is 11.9. The van der Waals surface area contributed by atoms with Gasteiger partial charge in [0.15, 0.2) is 0 Å². The summed E-state index contributed by atoms with van der Waals surface area (Å²) < 4.78 is 11.1. The Morgan fingerprint density at radius 1 is 1.35 bits per heavy atom. The summed E-state index contributed by atoms with van der Waals surface area (Å²) in [5, 5.41) is 10.5. The molecule has 1 aromatic rings. The van der Waals surface area contributed by atoms with Gasteiger partial charge in [0.2, 0.25) is 0 Å². The van der Waals surface area contributed by atoms with Gasteiger partial charge in [-0.2, -0.15) is 0 Å². The summed E-state index contributed by atoms with van der Waals surface area (Å²) in [6.07, 6.45) is 5.68. The van der Waals surface area contributed by atoms with Crippen molar-refractivity contribution in [2.24, 2.45) is 5.92 Å². The minimum atomic E-state index is -0.328. The third-order valence-electron chi connectivity index (χ3n) is 5.20. The van der Waals surface area contributed by atoms with E-state index in [9.17, 15) is 9.90 Å². The predicted octanol–water partition coefficient (Wildman–Crippen LogP) is 2.35. The second kappa shape index (κ2) is 9.24. The first-order valence-corrected chi connectivity index (χ1v) is 9.12. The standard InChI is InChI=1S/C20H27NO4.B/c1-3-5-15-12-16(20(23)24-4-2)6-7-18(15)25-13-17-19(22)14-8-10-21(17)11-9-14;/h3,5-7,12,14,17,19,22H,4,8-11,13H2,1-2H3;. The van der Waals surface area contributed by atoms with Gasteiger partial charge in [-0.3, -0.25) is 4.90 Å². The molecule has 3 aliphatic rings. The number of piperidine rings is 3. The number of aliphatic hydroxyl groups excluding tert-OH is 1. The molecule has 0 aliphatic carbocycles. The average molecular weight is 356 g/mol. The van der Waals surface area contributed by atoms with E-state index in [1.165, 1.54) is 0 Å². The molecule has 0 saturated carbocycles. The molecule has 6 heteroatoms. The minimum absolute atomic E-state index is 0. The Hall–Kier alpha value is -1.79. The highest BCUT2D eigenvalue weighted by atomic mass is 16.5. The van der Waals surface area contributed by atoms with E-state index in [1.54, 1.807) is 19.1 Å². The fourth-order valence-electron chi connectivity index (χ4n) is 3.83. The summed E-state index contributed by atoms with van der Waals surface area (Å²) in [7, 11) is 0. The van der Waals surface area contributed by atoms with Crippen LogP contribution >= 0.6 is 0 Å². The highest BCUT2D eigenvalue weighted by Gasteiger charge is 2.41. The molecule has 3 aliphatic heterocycles. The van der Waals surface area contributed by atoms with Crippen LogP contribution in [0.2, 0.25) is 0 Å². The van der Waals surface area contributed by atoms with Crippen molar-refractivity contribution < 1.29 is 19.4 Å². The van der Waals surface area contributed by atoms with E-state index in [-0.39, 0.29) is 26.5 Å². The number of carbonyl (C=O) groups is 1. The summed E-state index contributed by atoms with van der Waals surface area (Å²) in [5.41, 5.74) is 1.36. The normalized spacial score (nSPS) is 27.2. The first-order chi connectivity index (χ1) is 12.1. The molecule has 2 unspecified atom stereocenters. The van der Waals surface area contributed by atoms with Gasteiger partial charge in [0.1, 0.15) is 12.4 Å². The fraction of sp³-hybridized carbons (Fsp3) is 0.550. The number of aliphatic hydroxyl groups is 1. The Morgan fingerprint density at radius 3 is 2.69 bits per heavy atom. The molecule has 3 saturated heterocycles. The van der Waals surface area contributed by atoms with E-state index in [2.05, 4.69) is 4.90 Å². The number of carbonyl (C=O) groups excluding carboxylic acids is 1. The third kappa shape index (κ3) is 4.30. The smallest absolute Gasteiger partial charge is 0.338 e. The average Bonchev–Trinajstić information content (AvgIpc) is 2.63. The number of fused-ring (bicyclic) bond motifs is 3. The van der Waals surface area contributed by atoms with Gasteiger partial charge >= 0.3 is 5.97 Å². The highest BCUT2D eigenvalue weighted by molar-refractivity contribution is 5.90. The van der Waals surface area contributed by atoms with Crippen LogP contribution in [-0.4, -0.2) is 62.8 Å². The quantitative estimate of drug-likeness (QED) is 0.626. The van der Waals surface area contributed by atoms with Gasteiger partial charge in [-0.25, -0.2) is 4.79 Å². The van der Waals surface area contributed by atoms with Crippen molar-refractivity contribution in [2.45, 2.75) is 38.8 Å². The molecule has 0 aromatic heterocycles. The van der Waals surface area contributed by atoms with Crippen LogP contribution in [0.15, 0.2) is 24.3 Å². The topological polar surface area (TPSA) is 59.0 Å². The molecule has 2 atom stereocenters. The summed E-state index contributed by atoms with van der Waals surface area (Å²) >= 11 is 0. The van der Waals surface area contributed by atoms with Crippen molar-refractivity contribution in [3.63, 3.8) is 0 Å². The van der Waals surface area contributed by atoms with Crippen LogP contribution in [0.25, 0.3) is 6.08 Å². The van der Waals surface area contributed by atoms with Crippen LogP contribution in [0.5, 0.6) is 5.75 Å². The summed E-state index contributed by atoms with van der Waals surface area (Å²) in [4.78, 5) is 14.2. The Labute approximate surface area is 157 Å². The van der Waals surface area contributed by atoms with Crippen LogP contribution < -0.4 is 4.74 Å². The lowest BCUT2D eigenvalue weighted by atomic mass is 9.81. The number of esters is 1. The third-order valence-corrected chi connectivity index (χ3v) is 5.20. The molecular weight excluding hydrogens is 329 g/mol. The monoisotopic (exact) mass is 356 g/mol. The van der Waals surface area contributed by atoms with Crippen LogP contribution in [0.3, 0.4) is 0 Å². The van der Waals surface area contributed by atoms with Gasteiger partial charge in [-0.05, 0) is 63.9 Å². The van der Waals surface area contributed by atoms with Crippen LogP contribution in [-0.2, 0) is 4.74 Å². The summed E-state index contributed by atoms with van der Waals surface area (Å²) in [6.45, 7) is 6.61. The maximum Gasteiger partial charge on any atom is 0.338 e. The molecule has 139 valence electrons. The molecule has 4 rings (SSSR count). The number of benzene rings is 1. The molecule has 1 N–H and O–H groups in total. The van der Waals surface area contributed by atoms with Gasteiger partial charge in [-0.1, -0.05) is 12.2 Å². The summed E-state index contributed by atoms with van der Waals surface area (Å²) in [6, 6.07) is 5.38. The largest absolute Gasteiger partial charge is 0.491 e. The first-order valence-electron chi connectivity index (χ1n) is 9.12. The summed E-state index contributed by atoms with van der Waals surface area (Å²) in [5.74, 6) is 0.798. The zero-order valence-electron chi connectivity index (χ0n) is 15.6. The van der Waals surface area contributed by atoms with Crippen LogP contribution in [0, 0.1) is 5.92 Å². The Balaban J connectivity index is 0.00000243. The Bertz CT molecular complexity index is 639. The highest BCUT2D eigenvalue weighted by Crippen LogP contribution is 2.33. The van der Waals surface area contributed by atoms with Gasteiger partial charge in [0.05, 0.1) is 24.3 Å². The van der Waals surface area contributed by atoms with Crippen LogP contribution in [0.1, 0.15) is 42.6 Å². The van der Waals surface area contributed by atoms with Crippen molar-refractivity contribution >= 4 is 20.5 Å². The number of hydrogen-bond donors (Lipinski definition) is 1. The second-order valence-electron chi connectivity index (χ2n) is 6.72. The zero-order valence-corrected chi connectivity index (χ0v) is 15.6. The van der Waals surface area contributed by atoms with E-state index in [4.69, 9.17) is 9.47 Å². The number of ether oxygens (including phenoxy) is 2. The van der Waals surface area contributed by atoms with Crippen molar-refractivity contribution in [2.75, 3.05) is 26.3 Å². The lowest BCUT2D eigenvalue weighted by molar-refractivity contribution is -0.0849. The maximum absolute atomic E-state index is 11.9. The molecule has 0 spiro atoms. The lowest BCUT2D eigenvalue weighted by Gasteiger charge is -2.48. The number of rotatable bonds is 6. The Kier molecular flexibility index (Phi) is 7.29. The van der Waals surface area contributed by atoms with E-state index in [0.717, 1.165) is 37.2 Å². The van der Waals surface area contributed by atoms with Gasteiger partial charge in [0, 0.05) is 14.0 Å². The molecule has 1 aromatic carbocycles. The number of nitrogens with zero attached hydrogens (tertiary/aromatic N) is 1. The predicted molar refractivity (Wildman–Crippen MR) is 102 cm³/mol. The van der Waals surface area contributed by atoms with Gasteiger partial charge in [-0.15, -0.1) is 0 Å². The molecular formula is C20H27BNO4. The second-order valence-corrected chi connectivity index (χ2v) is 6.72. The molecule has 3 heterocycles. The number of allylic oxidation sites excluding steroid dienone is 1. The zero-order chi connectivity index (χ0) is 17.8. The first kappa shape index (κ1) is 20.5. The minimum Gasteiger partial charge on any atom is -0.491 e. The molecule has 3 radical (unpaired) electrons. The van der Waals surface area contributed by atoms with E-state index >= 15 is 0 Å². The van der Waals surface area contributed by atoms with Crippen molar-refractivity contribution in [1.82, 2.24) is 4.90 Å². The van der Waals surface area contributed by atoms with Crippen LogP contribution in [0.4, 0.5) is 0 Å². The molecule has 2 bridgehead atoms. The molecule has 3 fully saturated rings. The van der Waals surface area contributed by atoms with Crippen molar-refractivity contribution in [1.29, 1.82) is 0 Å². The molecule has 26 heavy (non-hydrogen) atoms. The SMILES string of the molecule is CC=Cc1cc(C(=O)OCC)ccc1OCC1C(O)C2CCN1CC2.[B]. The molecule has 5 nitrogen and oxygen atoms in total. The van der Waals surface area contributed by atoms with Crippen molar-refractivity contribution in [3.05, 3.63) is 35.4 Å². The fourth-order valence-corrected chi connectivity index (χ4v) is 3.83. The van der Waals surface area contributed by atoms with E-state index in [0.29, 0.717) is 24.7 Å². The Morgan fingerprint density at radius 2 is 2.08 bits per heavy atom. The number of hydrogen-bond acceptors (Lipinski definition) is 5. The van der Waals surface area contributed by atoms with Gasteiger partial charge < -0.3 is 14.6 Å². The van der Waals surface area contributed by atoms with E-state index < -0.39 is 0 Å².